The average molecular weight is 265 g/mol. The molecule has 0 radical (unpaired) electrons. The fourth-order valence-electron chi connectivity index (χ4n) is 1.98. The molecule has 0 amide bonds. The lowest BCUT2D eigenvalue weighted by Gasteiger charge is -2.17. The van der Waals surface area contributed by atoms with Crippen LogP contribution in [0.5, 0.6) is 0 Å². The molecule has 19 heavy (non-hydrogen) atoms. The number of aliphatic imine (C=N–C) groups is 1. The molecule has 1 aromatic rings. The largest absolute Gasteiger partial charge is 0.353 e. The molecule has 1 aliphatic carbocycles. The van der Waals surface area contributed by atoms with Crippen LogP contribution in [-0.2, 0) is 6.54 Å². The highest BCUT2D eigenvalue weighted by Gasteiger charge is 2.12. The highest BCUT2D eigenvalue weighted by molar-refractivity contribution is 5.80. The maximum atomic E-state index is 13.5. The van der Waals surface area contributed by atoms with Gasteiger partial charge in [-0.15, -0.1) is 0 Å². The molecule has 2 rings (SSSR count). The molecule has 0 atom stereocenters. The van der Waals surface area contributed by atoms with Gasteiger partial charge in [-0.3, -0.25) is 4.99 Å². The minimum absolute atomic E-state index is 0.198. The van der Waals surface area contributed by atoms with Crippen LogP contribution < -0.4 is 10.6 Å². The van der Waals surface area contributed by atoms with Gasteiger partial charge in [-0.1, -0.05) is 12.2 Å². The van der Waals surface area contributed by atoms with Gasteiger partial charge >= 0.3 is 0 Å². The van der Waals surface area contributed by atoms with Crippen LogP contribution >= 0.6 is 0 Å². The van der Waals surface area contributed by atoms with Crippen molar-refractivity contribution >= 4 is 5.96 Å². The van der Waals surface area contributed by atoms with E-state index in [-0.39, 0.29) is 12.1 Å². The maximum Gasteiger partial charge on any atom is 0.191 e. The highest BCUT2D eigenvalue weighted by Crippen LogP contribution is 2.10. The molecule has 102 valence electrons. The Morgan fingerprint density at radius 1 is 1.32 bits per heavy atom. The van der Waals surface area contributed by atoms with Crippen LogP contribution in [0.2, 0.25) is 0 Å². The van der Waals surface area contributed by atoms with E-state index < -0.39 is 11.6 Å². The van der Waals surface area contributed by atoms with Gasteiger partial charge in [0.05, 0.1) is 0 Å². The van der Waals surface area contributed by atoms with E-state index in [4.69, 9.17) is 0 Å². The summed E-state index contributed by atoms with van der Waals surface area (Å²) >= 11 is 0. The molecule has 0 unspecified atom stereocenters. The molecule has 1 aromatic carbocycles. The van der Waals surface area contributed by atoms with Crippen LogP contribution in [0.3, 0.4) is 0 Å². The van der Waals surface area contributed by atoms with Crippen LogP contribution in [0.25, 0.3) is 0 Å². The van der Waals surface area contributed by atoms with E-state index in [1.54, 1.807) is 7.05 Å². The molecule has 5 heteroatoms. The Bertz CT molecular complexity index is 489. The van der Waals surface area contributed by atoms with Crippen LogP contribution in [0, 0.1) is 11.6 Å². The van der Waals surface area contributed by atoms with E-state index in [1.807, 2.05) is 0 Å². The first-order chi connectivity index (χ1) is 9.19. The molecule has 0 fully saturated rings. The Morgan fingerprint density at radius 3 is 2.74 bits per heavy atom. The number of halogens is 2. The molecule has 0 bridgehead atoms. The maximum absolute atomic E-state index is 13.5. The third kappa shape index (κ3) is 3.77. The van der Waals surface area contributed by atoms with Crippen LogP contribution in [0.15, 0.2) is 35.3 Å². The molecule has 0 aromatic heterocycles. The number of nitrogens with zero attached hydrogens (tertiary/aromatic N) is 1. The first-order valence-electron chi connectivity index (χ1n) is 6.25. The highest BCUT2D eigenvalue weighted by atomic mass is 19.1. The zero-order valence-corrected chi connectivity index (χ0v) is 10.8. The van der Waals surface area contributed by atoms with E-state index in [0.29, 0.717) is 12.0 Å². The monoisotopic (exact) mass is 265 g/mol. The lowest BCUT2D eigenvalue weighted by atomic mass is 10.2. The third-order valence-electron chi connectivity index (χ3n) is 3.03. The minimum atomic E-state index is -0.443. The summed E-state index contributed by atoms with van der Waals surface area (Å²) in [5.74, 6) is -0.273. The van der Waals surface area contributed by atoms with Crippen molar-refractivity contribution in [2.24, 2.45) is 4.99 Å². The smallest absolute Gasteiger partial charge is 0.191 e. The Labute approximate surface area is 111 Å². The summed E-state index contributed by atoms with van der Waals surface area (Å²) in [5, 5.41) is 6.22. The molecule has 1 aliphatic rings. The number of nitrogens with one attached hydrogen (secondary N) is 2. The van der Waals surface area contributed by atoms with Gasteiger partial charge in [0.15, 0.2) is 5.96 Å². The predicted octanol–water partition coefficient (Wildman–Crippen LogP) is 2.35. The second-order valence-electron chi connectivity index (χ2n) is 4.45. The fraction of sp³-hybridized carbons (Fsp3) is 0.357. The van der Waals surface area contributed by atoms with Gasteiger partial charge in [-0.05, 0) is 31.0 Å². The second-order valence-corrected chi connectivity index (χ2v) is 4.45. The van der Waals surface area contributed by atoms with Gasteiger partial charge < -0.3 is 10.6 Å². The normalized spacial score (nSPS) is 15.8. The summed E-state index contributed by atoms with van der Waals surface area (Å²) in [6.07, 6.45) is 6.12. The van der Waals surface area contributed by atoms with Crippen LogP contribution in [0.4, 0.5) is 8.78 Å². The summed E-state index contributed by atoms with van der Waals surface area (Å²) in [4.78, 5) is 4.07. The van der Waals surface area contributed by atoms with Crippen molar-refractivity contribution in [1.82, 2.24) is 10.6 Å². The molecular formula is C14H17F2N3. The first kappa shape index (κ1) is 13.5. The van der Waals surface area contributed by atoms with Crippen molar-refractivity contribution in [3.8, 4) is 0 Å². The topological polar surface area (TPSA) is 36.4 Å². The Hall–Kier alpha value is -1.91. The molecule has 2 N–H and O–H groups in total. The molecule has 0 saturated carbocycles. The number of rotatable bonds is 3. The van der Waals surface area contributed by atoms with E-state index in [9.17, 15) is 8.78 Å². The van der Waals surface area contributed by atoms with Crippen LogP contribution in [-0.4, -0.2) is 19.0 Å². The van der Waals surface area contributed by atoms with Crippen molar-refractivity contribution in [2.75, 3.05) is 7.05 Å². The summed E-state index contributed by atoms with van der Waals surface area (Å²) in [5.41, 5.74) is 0.285. The molecular weight excluding hydrogens is 248 g/mol. The van der Waals surface area contributed by atoms with Gasteiger partial charge in [0.2, 0.25) is 0 Å². The fourth-order valence-corrected chi connectivity index (χ4v) is 1.98. The van der Waals surface area contributed by atoms with Gasteiger partial charge in [0.25, 0.3) is 0 Å². The van der Waals surface area contributed by atoms with Gasteiger partial charge in [-0.2, -0.15) is 0 Å². The second kappa shape index (κ2) is 6.31. The lowest BCUT2D eigenvalue weighted by molar-refractivity contribution is 0.578. The minimum Gasteiger partial charge on any atom is -0.353 e. The summed E-state index contributed by atoms with van der Waals surface area (Å²) in [7, 11) is 1.65. The summed E-state index contributed by atoms with van der Waals surface area (Å²) in [6, 6.07) is 3.75. The van der Waals surface area contributed by atoms with Gasteiger partial charge in [-0.25, -0.2) is 8.78 Å². The SMILES string of the molecule is CN=C(NCc1cc(F)ccc1F)NC1CC=CC1. The average Bonchev–Trinajstić information content (AvgIpc) is 2.91. The van der Waals surface area contributed by atoms with Crippen molar-refractivity contribution < 1.29 is 8.78 Å². The Balaban J connectivity index is 1.90. The van der Waals surface area contributed by atoms with Gasteiger partial charge in [0, 0.05) is 25.2 Å². The number of benzene rings is 1. The zero-order chi connectivity index (χ0) is 13.7. The zero-order valence-electron chi connectivity index (χ0n) is 10.8. The molecule has 0 spiro atoms. The van der Waals surface area contributed by atoms with Gasteiger partial charge in [0.1, 0.15) is 11.6 Å². The summed E-state index contributed by atoms with van der Waals surface area (Å²) < 4.78 is 26.5. The Morgan fingerprint density at radius 2 is 2.05 bits per heavy atom. The van der Waals surface area contributed by atoms with Crippen LogP contribution in [0.1, 0.15) is 18.4 Å². The standard InChI is InChI=1S/C14H17F2N3/c1-17-14(19-12-4-2-3-5-12)18-9-10-8-11(15)6-7-13(10)16/h2-3,6-8,12H,4-5,9H2,1H3,(H2,17,18,19). The van der Waals surface area contributed by atoms with E-state index in [0.717, 1.165) is 25.0 Å². The van der Waals surface area contributed by atoms with E-state index >= 15 is 0 Å². The molecule has 0 heterocycles. The molecule has 0 saturated heterocycles. The first-order valence-corrected chi connectivity index (χ1v) is 6.25. The Kier molecular flexibility index (Phi) is 4.49. The van der Waals surface area contributed by atoms with Crippen molar-refractivity contribution in [3.63, 3.8) is 0 Å². The quantitative estimate of drug-likeness (QED) is 0.500. The summed E-state index contributed by atoms with van der Waals surface area (Å²) in [6.45, 7) is 0.198. The number of hydrogen-bond acceptors (Lipinski definition) is 1. The molecule has 0 aliphatic heterocycles. The lowest BCUT2D eigenvalue weighted by Crippen LogP contribution is -2.42. The van der Waals surface area contributed by atoms with Crippen molar-refractivity contribution in [3.05, 3.63) is 47.5 Å². The van der Waals surface area contributed by atoms with E-state index in [1.165, 1.54) is 6.07 Å². The molecule has 3 nitrogen and oxygen atoms in total. The van der Waals surface area contributed by atoms with Crippen molar-refractivity contribution in [1.29, 1.82) is 0 Å². The third-order valence-corrected chi connectivity index (χ3v) is 3.03. The van der Waals surface area contributed by atoms with E-state index in [2.05, 4.69) is 27.8 Å². The predicted molar refractivity (Wildman–Crippen MR) is 71.9 cm³/mol. The number of hydrogen-bond donors (Lipinski definition) is 2. The number of guanidine groups is 1. The van der Waals surface area contributed by atoms with Crippen molar-refractivity contribution in [2.45, 2.75) is 25.4 Å².